The number of alkyl halides is 3. The lowest BCUT2D eigenvalue weighted by Gasteiger charge is -2.13. The molecule has 2 aromatic carbocycles. The molecule has 2 heterocycles. The van der Waals surface area contributed by atoms with Gasteiger partial charge in [-0.15, -0.1) is 0 Å². The molecule has 2 aromatic heterocycles. The number of rotatable bonds is 6. The monoisotopic (exact) mass is 536 g/mol. The molecular weight excluding hydrogens is 516 g/mol. The van der Waals surface area contributed by atoms with E-state index in [-0.39, 0.29) is 17.1 Å². The first-order valence-electron chi connectivity index (χ1n) is 10.5. The molecule has 0 aliphatic heterocycles. The van der Waals surface area contributed by atoms with Crippen molar-refractivity contribution in [3.63, 3.8) is 0 Å². The average Bonchev–Trinajstić information content (AvgIpc) is 3.31. The van der Waals surface area contributed by atoms with Crippen LogP contribution in [0, 0.1) is 5.82 Å². The van der Waals surface area contributed by atoms with Gasteiger partial charge in [0.1, 0.15) is 5.75 Å². The van der Waals surface area contributed by atoms with Gasteiger partial charge in [0.25, 0.3) is 5.91 Å². The van der Waals surface area contributed by atoms with Gasteiger partial charge in [-0.3, -0.25) is 14.5 Å². The van der Waals surface area contributed by atoms with Crippen molar-refractivity contribution in [2.24, 2.45) is 7.05 Å². The van der Waals surface area contributed by atoms with Crippen LogP contribution >= 0.6 is 0 Å². The number of anilines is 1. The Morgan fingerprint density at radius 1 is 0.974 bits per heavy atom. The van der Waals surface area contributed by atoms with E-state index >= 15 is 0 Å². The molecule has 4 rings (SSSR count). The number of aryl methyl sites for hydroxylation is 1. The van der Waals surface area contributed by atoms with Gasteiger partial charge in [0.05, 0.1) is 19.7 Å². The van der Waals surface area contributed by atoms with Gasteiger partial charge in [0.15, 0.2) is 28.8 Å². The van der Waals surface area contributed by atoms with Crippen LogP contribution < -0.4 is 19.5 Å². The second-order valence-corrected chi connectivity index (χ2v) is 7.41. The quantitative estimate of drug-likeness (QED) is 0.337. The number of carboxylic acids is 1. The Kier molecular flexibility index (Phi) is 8.35. The third-order valence-electron chi connectivity index (χ3n) is 4.81. The third kappa shape index (κ3) is 6.66. The minimum Gasteiger partial charge on any atom is -0.493 e. The maximum atomic E-state index is 14.7. The Labute approximate surface area is 212 Å². The number of pyridine rings is 1. The Morgan fingerprint density at radius 2 is 1.63 bits per heavy atom. The second kappa shape index (κ2) is 11.5. The normalized spacial score (nSPS) is 10.8. The summed E-state index contributed by atoms with van der Waals surface area (Å²) in [5, 5.41) is 14.4. The van der Waals surface area contributed by atoms with Crippen LogP contribution in [0.15, 0.2) is 54.9 Å². The first-order valence-corrected chi connectivity index (χ1v) is 10.5. The largest absolute Gasteiger partial charge is 0.493 e. The van der Waals surface area contributed by atoms with Crippen LogP contribution in [0.1, 0.15) is 10.5 Å². The van der Waals surface area contributed by atoms with Crippen molar-refractivity contribution >= 4 is 28.5 Å². The molecule has 0 aliphatic rings. The predicted octanol–water partition coefficient (Wildman–Crippen LogP) is 4.80. The zero-order valence-electron chi connectivity index (χ0n) is 20.0. The lowest BCUT2D eigenvalue weighted by Crippen LogP contribution is -2.21. The van der Waals surface area contributed by atoms with Gasteiger partial charge in [0, 0.05) is 42.6 Å². The van der Waals surface area contributed by atoms with Gasteiger partial charge >= 0.3 is 12.1 Å². The zero-order chi connectivity index (χ0) is 28.0. The van der Waals surface area contributed by atoms with E-state index in [0.717, 1.165) is 0 Å². The van der Waals surface area contributed by atoms with E-state index in [2.05, 4.69) is 15.4 Å². The number of carbonyl (C=O) groups is 2. The molecule has 0 fully saturated rings. The van der Waals surface area contributed by atoms with Crippen LogP contribution in [0.3, 0.4) is 0 Å². The summed E-state index contributed by atoms with van der Waals surface area (Å²) in [5.74, 6) is -2.40. The lowest BCUT2D eigenvalue weighted by atomic mass is 10.2. The summed E-state index contributed by atoms with van der Waals surface area (Å²) in [6.07, 6.45) is -1.88. The Hall–Kier alpha value is -4.88. The van der Waals surface area contributed by atoms with Crippen LogP contribution in [-0.2, 0) is 11.8 Å². The van der Waals surface area contributed by atoms with Crippen LogP contribution in [0.2, 0.25) is 0 Å². The molecule has 38 heavy (non-hydrogen) atoms. The number of halogens is 4. The summed E-state index contributed by atoms with van der Waals surface area (Å²) in [6, 6.07) is 10.8. The van der Waals surface area contributed by atoms with Crippen LogP contribution in [0.25, 0.3) is 10.9 Å². The summed E-state index contributed by atoms with van der Waals surface area (Å²) in [5.41, 5.74) is 1.12. The number of carbonyl (C=O) groups excluding carboxylic acids is 1. The minimum absolute atomic E-state index is 0.00174. The number of hydrogen-bond acceptors (Lipinski definition) is 7. The Bertz CT molecular complexity index is 1470. The van der Waals surface area contributed by atoms with Crippen molar-refractivity contribution < 1.29 is 46.5 Å². The van der Waals surface area contributed by atoms with Gasteiger partial charge in [0.2, 0.25) is 0 Å². The van der Waals surface area contributed by atoms with Gasteiger partial charge < -0.3 is 24.6 Å². The number of nitrogens with zero attached hydrogens (tertiary/aromatic N) is 3. The van der Waals surface area contributed by atoms with Crippen molar-refractivity contribution in [2.45, 2.75) is 6.18 Å². The standard InChI is InChI=1S/C22H19FN4O4.C2HF3O2/c1-27-9-7-16(26-27)22(28)25-13-4-5-19(15(23)10-13)31-18-6-8-24-17-12-21(30-3)20(29-2)11-14(17)18;3-2(4,5)1(6)7/h4-12H,1-3H3,(H,25,28);(H,6,7). The number of benzene rings is 2. The number of carboxylic acid groups (broad SMARTS) is 1. The lowest BCUT2D eigenvalue weighted by molar-refractivity contribution is -0.192. The predicted molar refractivity (Wildman–Crippen MR) is 126 cm³/mol. The highest BCUT2D eigenvalue weighted by Crippen LogP contribution is 2.37. The van der Waals surface area contributed by atoms with Crippen molar-refractivity contribution in [1.29, 1.82) is 0 Å². The number of ether oxygens (including phenoxy) is 3. The highest BCUT2D eigenvalue weighted by molar-refractivity contribution is 6.02. The summed E-state index contributed by atoms with van der Waals surface area (Å²) in [7, 11) is 4.77. The van der Waals surface area contributed by atoms with E-state index < -0.39 is 23.9 Å². The molecule has 0 radical (unpaired) electrons. The molecule has 200 valence electrons. The highest BCUT2D eigenvalue weighted by Gasteiger charge is 2.38. The molecule has 0 atom stereocenters. The first kappa shape index (κ1) is 27.7. The molecule has 0 saturated carbocycles. The van der Waals surface area contributed by atoms with E-state index in [1.807, 2.05) is 0 Å². The topological polar surface area (TPSA) is 125 Å². The highest BCUT2D eigenvalue weighted by atomic mass is 19.4. The second-order valence-electron chi connectivity index (χ2n) is 7.41. The van der Waals surface area contributed by atoms with E-state index in [9.17, 15) is 22.4 Å². The van der Waals surface area contributed by atoms with Crippen LogP contribution in [0.4, 0.5) is 23.2 Å². The van der Waals surface area contributed by atoms with E-state index in [4.69, 9.17) is 24.1 Å². The number of hydrogen-bond donors (Lipinski definition) is 2. The Morgan fingerprint density at radius 3 is 2.18 bits per heavy atom. The van der Waals surface area contributed by atoms with Gasteiger partial charge in [-0.05, 0) is 30.3 Å². The smallest absolute Gasteiger partial charge is 0.490 e. The number of amides is 1. The summed E-state index contributed by atoms with van der Waals surface area (Å²) in [6.45, 7) is 0. The summed E-state index contributed by atoms with van der Waals surface area (Å²) < 4.78 is 64.4. The fourth-order valence-corrected chi connectivity index (χ4v) is 3.05. The number of fused-ring (bicyclic) bond motifs is 1. The van der Waals surface area contributed by atoms with E-state index in [1.165, 1.54) is 31.0 Å². The van der Waals surface area contributed by atoms with E-state index in [1.54, 1.807) is 49.8 Å². The number of methoxy groups -OCH3 is 2. The van der Waals surface area contributed by atoms with Crippen LogP contribution in [-0.4, -0.2) is 52.1 Å². The molecule has 14 heteroatoms. The molecule has 10 nitrogen and oxygen atoms in total. The van der Waals surface area contributed by atoms with Crippen molar-refractivity contribution in [3.8, 4) is 23.0 Å². The molecule has 0 unspecified atom stereocenters. The number of nitrogens with one attached hydrogen (secondary N) is 1. The molecular formula is C24H20F4N4O6. The minimum atomic E-state index is -5.08. The van der Waals surface area contributed by atoms with Crippen molar-refractivity contribution in [2.75, 3.05) is 19.5 Å². The van der Waals surface area contributed by atoms with Crippen molar-refractivity contribution in [1.82, 2.24) is 14.8 Å². The number of aliphatic carboxylic acids is 1. The summed E-state index contributed by atoms with van der Waals surface area (Å²) >= 11 is 0. The Balaban J connectivity index is 0.000000505. The first-order chi connectivity index (χ1) is 17.9. The molecule has 2 N–H and O–H groups in total. The molecule has 0 saturated heterocycles. The molecule has 1 amide bonds. The van der Waals surface area contributed by atoms with Crippen LogP contribution in [0.5, 0.6) is 23.0 Å². The SMILES string of the molecule is COc1cc2nccc(Oc3ccc(NC(=O)c4ccn(C)n4)cc3F)c2cc1OC.O=C(O)C(F)(F)F. The van der Waals surface area contributed by atoms with Gasteiger partial charge in [-0.1, -0.05) is 0 Å². The number of aromatic nitrogens is 3. The van der Waals surface area contributed by atoms with E-state index in [0.29, 0.717) is 28.2 Å². The fraction of sp³-hybridized carbons (Fsp3) is 0.167. The molecule has 0 aliphatic carbocycles. The third-order valence-corrected chi connectivity index (χ3v) is 4.81. The molecule has 4 aromatic rings. The van der Waals surface area contributed by atoms with Gasteiger partial charge in [-0.2, -0.15) is 18.3 Å². The van der Waals surface area contributed by atoms with Crippen molar-refractivity contribution in [3.05, 3.63) is 66.4 Å². The maximum Gasteiger partial charge on any atom is 0.490 e. The maximum absolute atomic E-state index is 14.7. The molecule has 0 spiro atoms. The van der Waals surface area contributed by atoms with Gasteiger partial charge in [-0.25, -0.2) is 9.18 Å². The average molecular weight is 536 g/mol. The zero-order valence-corrected chi connectivity index (χ0v) is 20.0. The fourth-order valence-electron chi connectivity index (χ4n) is 3.05. The summed E-state index contributed by atoms with van der Waals surface area (Å²) in [4.78, 5) is 25.4. The molecule has 0 bridgehead atoms.